The molecule has 7 heteroatoms. The van der Waals surface area contributed by atoms with Crippen molar-refractivity contribution < 1.29 is 9.21 Å². The van der Waals surface area contributed by atoms with Crippen LogP contribution in [0.2, 0.25) is 0 Å². The standard InChI is InChI=1S/C17H15N3O4/c1-11-4-6-12(7-5-11)19-15(21)14-9-18-17(23)20(16(14)22)10-13-3-2-8-24-13/h2-9H,10H2,1H3,(H,18,23)(H,19,21). The lowest BCUT2D eigenvalue weighted by Crippen LogP contribution is -2.39. The summed E-state index contributed by atoms with van der Waals surface area (Å²) in [6.45, 7) is 1.88. The normalized spacial score (nSPS) is 10.5. The summed E-state index contributed by atoms with van der Waals surface area (Å²) in [5, 5.41) is 2.63. The van der Waals surface area contributed by atoms with Gasteiger partial charge in [-0.3, -0.25) is 14.2 Å². The maximum absolute atomic E-state index is 12.4. The number of amides is 1. The van der Waals surface area contributed by atoms with Gasteiger partial charge in [0.2, 0.25) is 0 Å². The lowest BCUT2D eigenvalue weighted by Gasteiger charge is -2.07. The van der Waals surface area contributed by atoms with Gasteiger partial charge < -0.3 is 14.7 Å². The van der Waals surface area contributed by atoms with E-state index in [9.17, 15) is 14.4 Å². The Balaban J connectivity index is 1.90. The number of aromatic amines is 1. The van der Waals surface area contributed by atoms with Crippen molar-refractivity contribution in [3.63, 3.8) is 0 Å². The van der Waals surface area contributed by atoms with Crippen LogP contribution in [0.15, 0.2) is 62.9 Å². The molecule has 0 saturated heterocycles. The smallest absolute Gasteiger partial charge is 0.328 e. The van der Waals surface area contributed by atoms with Gasteiger partial charge in [-0.05, 0) is 31.2 Å². The highest BCUT2D eigenvalue weighted by Crippen LogP contribution is 2.09. The van der Waals surface area contributed by atoms with E-state index < -0.39 is 17.2 Å². The molecule has 0 aliphatic carbocycles. The monoisotopic (exact) mass is 325 g/mol. The van der Waals surface area contributed by atoms with E-state index in [1.165, 1.54) is 6.26 Å². The van der Waals surface area contributed by atoms with Gasteiger partial charge >= 0.3 is 5.69 Å². The minimum absolute atomic E-state index is 0.0488. The molecule has 0 aliphatic rings. The van der Waals surface area contributed by atoms with Gasteiger partial charge in [0.05, 0.1) is 12.8 Å². The zero-order chi connectivity index (χ0) is 17.1. The number of nitrogens with zero attached hydrogens (tertiary/aromatic N) is 1. The van der Waals surface area contributed by atoms with Gasteiger partial charge in [-0.2, -0.15) is 0 Å². The van der Waals surface area contributed by atoms with E-state index in [1.54, 1.807) is 24.3 Å². The van der Waals surface area contributed by atoms with Crippen LogP contribution in [0.3, 0.4) is 0 Å². The predicted octanol–water partition coefficient (Wildman–Crippen LogP) is 1.74. The van der Waals surface area contributed by atoms with Crippen LogP contribution < -0.4 is 16.6 Å². The van der Waals surface area contributed by atoms with Crippen LogP contribution in [-0.4, -0.2) is 15.5 Å². The molecule has 2 heterocycles. The Bertz CT molecular complexity index is 966. The van der Waals surface area contributed by atoms with Crippen LogP contribution in [0.1, 0.15) is 21.7 Å². The molecule has 0 aliphatic heterocycles. The molecule has 1 amide bonds. The molecular formula is C17H15N3O4. The Morgan fingerprint density at radius 1 is 1.21 bits per heavy atom. The van der Waals surface area contributed by atoms with Crippen molar-refractivity contribution in [2.45, 2.75) is 13.5 Å². The van der Waals surface area contributed by atoms with Crippen molar-refractivity contribution in [1.29, 1.82) is 0 Å². The second kappa shape index (κ2) is 6.41. The number of carbonyl (C=O) groups excluding carboxylic acids is 1. The van der Waals surface area contributed by atoms with Gasteiger partial charge in [-0.1, -0.05) is 17.7 Å². The Morgan fingerprint density at radius 3 is 2.62 bits per heavy atom. The lowest BCUT2D eigenvalue weighted by atomic mass is 10.2. The SMILES string of the molecule is Cc1ccc(NC(=O)c2c[nH]c(=O)n(Cc3ccco3)c2=O)cc1. The third-order valence-corrected chi connectivity index (χ3v) is 3.51. The third-order valence-electron chi connectivity index (χ3n) is 3.51. The Kier molecular flexibility index (Phi) is 4.15. The molecule has 0 bridgehead atoms. The molecule has 0 fully saturated rings. The zero-order valence-corrected chi connectivity index (χ0v) is 12.9. The minimum atomic E-state index is -0.681. The van der Waals surface area contributed by atoms with Crippen LogP contribution in [0, 0.1) is 6.92 Å². The first kappa shape index (κ1) is 15.5. The highest BCUT2D eigenvalue weighted by molar-refractivity contribution is 6.03. The summed E-state index contributed by atoms with van der Waals surface area (Å²) >= 11 is 0. The van der Waals surface area contributed by atoms with Crippen LogP contribution >= 0.6 is 0 Å². The Hall–Kier alpha value is -3.35. The first-order chi connectivity index (χ1) is 11.5. The van der Waals surface area contributed by atoms with Crippen LogP contribution in [-0.2, 0) is 6.54 Å². The molecule has 3 aromatic rings. The largest absolute Gasteiger partial charge is 0.467 e. The van der Waals surface area contributed by atoms with Crippen molar-refractivity contribution >= 4 is 11.6 Å². The van der Waals surface area contributed by atoms with Gasteiger partial charge in [-0.15, -0.1) is 0 Å². The maximum Gasteiger partial charge on any atom is 0.328 e. The highest BCUT2D eigenvalue weighted by atomic mass is 16.3. The van der Waals surface area contributed by atoms with E-state index in [0.717, 1.165) is 16.3 Å². The van der Waals surface area contributed by atoms with Crippen molar-refractivity contribution in [2.24, 2.45) is 0 Å². The number of H-pyrrole nitrogens is 1. The molecule has 2 N–H and O–H groups in total. The second-order valence-corrected chi connectivity index (χ2v) is 5.30. The van der Waals surface area contributed by atoms with Crippen LogP contribution in [0.4, 0.5) is 5.69 Å². The third kappa shape index (κ3) is 3.19. The average molecular weight is 325 g/mol. The van der Waals surface area contributed by atoms with Crippen molar-refractivity contribution in [2.75, 3.05) is 5.32 Å². The fourth-order valence-corrected chi connectivity index (χ4v) is 2.21. The summed E-state index contributed by atoms with van der Waals surface area (Å²) in [6.07, 6.45) is 2.56. The fraction of sp³-hybridized carbons (Fsp3) is 0.118. The molecule has 24 heavy (non-hydrogen) atoms. The predicted molar refractivity (Wildman–Crippen MR) is 88.3 cm³/mol. The highest BCUT2D eigenvalue weighted by Gasteiger charge is 2.15. The van der Waals surface area contributed by atoms with Crippen LogP contribution in [0.25, 0.3) is 0 Å². The van der Waals surface area contributed by atoms with Gasteiger partial charge in [0, 0.05) is 11.9 Å². The van der Waals surface area contributed by atoms with Gasteiger partial charge in [-0.25, -0.2) is 4.79 Å². The Morgan fingerprint density at radius 2 is 1.96 bits per heavy atom. The van der Waals surface area contributed by atoms with Gasteiger partial charge in [0.15, 0.2) is 0 Å². The first-order valence-corrected chi connectivity index (χ1v) is 7.27. The van der Waals surface area contributed by atoms with Crippen molar-refractivity contribution in [3.8, 4) is 0 Å². The number of aromatic nitrogens is 2. The van der Waals surface area contributed by atoms with E-state index >= 15 is 0 Å². The molecular weight excluding hydrogens is 310 g/mol. The van der Waals surface area contributed by atoms with Gasteiger partial charge in [0.25, 0.3) is 11.5 Å². The summed E-state index contributed by atoms with van der Waals surface area (Å²) in [7, 11) is 0. The number of nitrogens with one attached hydrogen (secondary N) is 2. The molecule has 3 rings (SSSR count). The quantitative estimate of drug-likeness (QED) is 0.763. The van der Waals surface area contributed by atoms with E-state index in [1.807, 2.05) is 19.1 Å². The summed E-state index contributed by atoms with van der Waals surface area (Å²) < 4.78 is 6.06. The number of anilines is 1. The number of rotatable bonds is 4. The van der Waals surface area contributed by atoms with E-state index in [-0.39, 0.29) is 12.1 Å². The fourth-order valence-electron chi connectivity index (χ4n) is 2.21. The number of carbonyl (C=O) groups is 1. The summed E-state index contributed by atoms with van der Waals surface area (Å²) in [4.78, 5) is 39.0. The topological polar surface area (TPSA) is 97.1 Å². The number of aryl methyl sites for hydroxylation is 1. The second-order valence-electron chi connectivity index (χ2n) is 5.30. The number of hydrogen-bond acceptors (Lipinski definition) is 4. The summed E-state index contributed by atoms with van der Waals surface area (Å²) in [5.74, 6) is -0.146. The molecule has 122 valence electrons. The first-order valence-electron chi connectivity index (χ1n) is 7.27. The summed E-state index contributed by atoms with van der Waals surface area (Å²) in [5.41, 5.74) is 0.177. The summed E-state index contributed by atoms with van der Waals surface area (Å²) in [6, 6.07) is 10.5. The minimum Gasteiger partial charge on any atom is -0.467 e. The molecule has 0 atom stereocenters. The van der Waals surface area contributed by atoms with E-state index in [2.05, 4.69) is 10.3 Å². The Labute approximate surface area is 136 Å². The average Bonchev–Trinajstić information content (AvgIpc) is 3.06. The van der Waals surface area contributed by atoms with Crippen molar-refractivity contribution in [3.05, 3.63) is 86.6 Å². The number of hydrogen-bond donors (Lipinski definition) is 2. The molecule has 7 nitrogen and oxygen atoms in total. The van der Waals surface area contributed by atoms with Crippen molar-refractivity contribution in [1.82, 2.24) is 9.55 Å². The molecule has 1 aromatic carbocycles. The van der Waals surface area contributed by atoms with E-state index in [4.69, 9.17) is 4.42 Å². The van der Waals surface area contributed by atoms with E-state index in [0.29, 0.717) is 11.4 Å². The molecule has 2 aromatic heterocycles. The maximum atomic E-state index is 12.4. The molecule has 0 radical (unpaired) electrons. The molecule has 0 unspecified atom stereocenters. The van der Waals surface area contributed by atoms with Gasteiger partial charge in [0.1, 0.15) is 11.3 Å². The molecule has 0 saturated carbocycles. The molecule has 0 spiro atoms. The number of furan rings is 1. The zero-order valence-electron chi connectivity index (χ0n) is 12.9. The number of benzene rings is 1. The van der Waals surface area contributed by atoms with Crippen LogP contribution in [0.5, 0.6) is 0 Å². The lowest BCUT2D eigenvalue weighted by molar-refractivity contribution is 0.102.